The highest BCUT2D eigenvalue weighted by atomic mass is 19.4. The van der Waals surface area contributed by atoms with E-state index in [2.05, 4.69) is 14.9 Å². The molecule has 0 radical (unpaired) electrons. The maximum absolute atomic E-state index is 12.4. The molecule has 0 unspecified atom stereocenters. The number of aromatic nitrogens is 3. The van der Waals surface area contributed by atoms with E-state index in [-0.39, 0.29) is 11.4 Å². The lowest BCUT2D eigenvalue weighted by Crippen LogP contribution is -2.38. The van der Waals surface area contributed by atoms with E-state index in [1.54, 1.807) is 17.7 Å². The molecule has 0 saturated carbocycles. The molecule has 4 heterocycles. The quantitative estimate of drug-likeness (QED) is 0.531. The zero-order chi connectivity index (χ0) is 24.1. The third kappa shape index (κ3) is 5.75. The number of fused-ring (bicyclic) bond motifs is 1. The van der Waals surface area contributed by atoms with Crippen LogP contribution in [0, 0.1) is 0 Å². The Morgan fingerprint density at radius 3 is 2.74 bits per heavy atom. The number of pyridine rings is 2. The monoisotopic (exact) mass is 479 g/mol. The van der Waals surface area contributed by atoms with E-state index in [0.717, 1.165) is 32.8 Å². The number of nitrogens with zero attached hydrogens (tertiary/aromatic N) is 4. The summed E-state index contributed by atoms with van der Waals surface area (Å²) in [6.07, 6.45) is 0.302. The molecule has 1 aliphatic heterocycles. The summed E-state index contributed by atoms with van der Waals surface area (Å²) in [6.45, 7) is 3.16. The van der Waals surface area contributed by atoms with E-state index in [9.17, 15) is 18.0 Å². The van der Waals surface area contributed by atoms with Gasteiger partial charge in [-0.2, -0.15) is 13.2 Å². The number of imidazole rings is 1. The summed E-state index contributed by atoms with van der Waals surface area (Å²) in [5, 5.41) is 1.79. The molecule has 1 fully saturated rings. The van der Waals surface area contributed by atoms with Gasteiger partial charge in [-0.05, 0) is 12.1 Å². The van der Waals surface area contributed by atoms with Crippen LogP contribution in [0.15, 0.2) is 36.8 Å². The summed E-state index contributed by atoms with van der Waals surface area (Å²) >= 11 is 0. The van der Waals surface area contributed by atoms with Crippen LogP contribution < -0.4 is 14.8 Å². The first-order valence-corrected chi connectivity index (χ1v) is 10.6. The zero-order valence-corrected chi connectivity index (χ0v) is 18.5. The highest BCUT2D eigenvalue weighted by Gasteiger charge is 2.29. The average Bonchev–Trinajstić information content (AvgIpc) is 3.25. The summed E-state index contributed by atoms with van der Waals surface area (Å²) in [4.78, 5) is 22.8. The highest BCUT2D eigenvalue weighted by molar-refractivity contribution is 5.95. The number of nitrogens with one attached hydrogen (secondary N) is 1. The normalized spacial score (nSPS) is 14.8. The number of alkyl halides is 3. The van der Waals surface area contributed by atoms with E-state index in [0.29, 0.717) is 29.3 Å². The largest absolute Gasteiger partial charge is 0.494 e. The first-order chi connectivity index (χ1) is 16.3. The SMILES string of the molecule is COc1cc(-c2cnc3cc(OCCN4CCOCC4)ccn23)cnc1C(=O)NCC(F)(F)F. The zero-order valence-electron chi connectivity index (χ0n) is 18.5. The molecule has 34 heavy (non-hydrogen) atoms. The Kier molecular flexibility index (Phi) is 7.17. The predicted molar refractivity (Wildman–Crippen MR) is 116 cm³/mol. The minimum atomic E-state index is -4.52. The van der Waals surface area contributed by atoms with E-state index >= 15 is 0 Å². The van der Waals surface area contributed by atoms with Crippen LogP contribution in [0.3, 0.4) is 0 Å². The summed E-state index contributed by atoms with van der Waals surface area (Å²) < 4.78 is 55.4. The predicted octanol–water partition coefficient (Wildman–Crippen LogP) is 2.41. The fraction of sp³-hybridized carbons (Fsp3) is 0.409. The van der Waals surface area contributed by atoms with Crippen LogP contribution in [0.4, 0.5) is 13.2 Å². The van der Waals surface area contributed by atoms with Crippen molar-refractivity contribution in [2.45, 2.75) is 6.18 Å². The van der Waals surface area contributed by atoms with E-state index in [1.165, 1.54) is 19.4 Å². The molecule has 1 aliphatic rings. The van der Waals surface area contributed by atoms with Gasteiger partial charge in [0.25, 0.3) is 5.91 Å². The first kappa shape index (κ1) is 23.8. The Hall–Kier alpha value is -3.38. The number of rotatable bonds is 8. The Morgan fingerprint density at radius 1 is 1.21 bits per heavy atom. The third-order valence-electron chi connectivity index (χ3n) is 5.30. The molecular weight excluding hydrogens is 455 g/mol. The van der Waals surface area contributed by atoms with Gasteiger partial charge in [-0.15, -0.1) is 0 Å². The number of methoxy groups -OCH3 is 1. The third-order valence-corrected chi connectivity index (χ3v) is 5.30. The fourth-order valence-electron chi connectivity index (χ4n) is 3.56. The van der Waals surface area contributed by atoms with Gasteiger partial charge in [-0.25, -0.2) is 9.97 Å². The smallest absolute Gasteiger partial charge is 0.405 e. The van der Waals surface area contributed by atoms with Crippen molar-refractivity contribution < 1.29 is 32.2 Å². The average molecular weight is 479 g/mol. The van der Waals surface area contributed by atoms with Crippen molar-refractivity contribution in [1.82, 2.24) is 24.6 Å². The van der Waals surface area contributed by atoms with Gasteiger partial charge in [0.2, 0.25) is 0 Å². The van der Waals surface area contributed by atoms with Crippen molar-refractivity contribution in [1.29, 1.82) is 0 Å². The number of ether oxygens (including phenoxy) is 3. The van der Waals surface area contributed by atoms with Crippen LogP contribution >= 0.6 is 0 Å². The van der Waals surface area contributed by atoms with Crippen molar-refractivity contribution in [2.24, 2.45) is 0 Å². The second kappa shape index (κ2) is 10.3. The molecule has 182 valence electrons. The van der Waals surface area contributed by atoms with Gasteiger partial charge in [0.1, 0.15) is 24.5 Å². The lowest BCUT2D eigenvalue weighted by atomic mass is 10.2. The lowest BCUT2D eigenvalue weighted by molar-refractivity contribution is -0.123. The molecule has 1 saturated heterocycles. The molecule has 3 aromatic rings. The number of amides is 1. The lowest BCUT2D eigenvalue weighted by Gasteiger charge is -2.26. The molecule has 3 aromatic heterocycles. The maximum Gasteiger partial charge on any atom is 0.405 e. The van der Waals surface area contributed by atoms with Gasteiger partial charge in [-0.3, -0.25) is 14.1 Å². The Bertz CT molecular complexity index is 1150. The Morgan fingerprint density at radius 2 is 2.00 bits per heavy atom. The second-order valence-electron chi connectivity index (χ2n) is 7.61. The standard InChI is InChI=1S/C22H24F3N5O4/c1-32-18-10-15(12-27-20(18)21(31)28-14-22(23,24)25)17-13-26-19-11-16(2-3-30(17)19)34-9-6-29-4-7-33-8-5-29/h2-3,10-13H,4-9,14H2,1H3,(H,28,31). The Labute approximate surface area is 193 Å². The van der Waals surface area contributed by atoms with Gasteiger partial charge in [0, 0.05) is 43.7 Å². The summed E-state index contributed by atoms with van der Waals surface area (Å²) in [5.41, 5.74) is 1.66. The molecule has 1 N–H and O–H groups in total. The van der Waals surface area contributed by atoms with Gasteiger partial charge in [-0.1, -0.05) is 0 Å². The molecule has 9 nitrogen and oxygen atoms in total. The van der Waals surface area contributed by atoms with Crippen molar-refractivity contribution in [3.8, 4) is 22.8 Å². The van der Waals surface area contributed by atoms with Crippen molar-refractivity contribution in [2.75, 3.05) is 53.1 Å². The molecule has 0 spiro atoms. The molecule has 0 bridgehead atoms. The Balaban J connectivity index is 1.47. The van der Waals surface area contributed by atoms with E-state index in [1.807, 2.05) is 16.5 Å². The number of halogens is 3. The summed E-state index contributed by atoms with van der Waals surface area (Å²) in [7, 11) is 1.32. The molecule has 4 rings (SSSR count). The van der Waals surface area contributed by atoms with Gasteiger partial charge >= 0.3 is 6.18 Å². The van der Waals surface area contributed by atoms with Gasteiger partial charge < -0.3 is 19.5 Å². The first-order valence-electron chi connectivity index (χ1n) is 10.6. The minimum Gasteiger partial charge on any atom is -0.494 e. The van der Waals surface area contributed by atoms with Crippen molar-refractivity contribution in [3.63, 3.8) is 0 Å². The molecule has 1 amide bonds. The van der Waals surface area contributed by atoms with Crippen LogP contribution in [0.1, 0.15) is 10.5 Å². The van der Waals surface area contributed by atoms with Crippen LogP contribution in [-0.2, 0) is 4.74 Å². The minimum absolute atomic E-state index is 0.0511. The van der Waals surface area contributed by atoms with Crippen LogP contribution in [0.5, 0.6) is 11.5 Å². The topological polar surface area (TPSA) is 90.2 Å². The van der Waals surface area contributed by atoms with Crippen LogP contribution in [-0.4, -0.2) is 84.5 Å². The van der Waals surface area contributed by atoms with Gasteiger partial charge in [0.15, 0.2) is 11.4 Å². The summed E-state index contributed by atoms with van der Waals surface area (Å²) in [5.74, 6) is -0.238. The van der Waals surface area contributed by atoms with Crippen molar-refractivity contribution >= 4 is 11.6 Å². The molecule has 0 atom stereocenters. The number of hydrogen-bond donors (Lipinski definition) is 1. The van der Waals surface area contributed by atoms with Crippen LogP contribution in [0.2, 0.25) is 0 Å². The molecule has 12 heteroatoms. The van der Waals surface area contributed by atoms with Crippen LogP contribution in [0.25, 0.3) is 16.9 Å². The molecule has 0 aliphatic carbocycles. The summed E-state index contributed by atoms with van der Waals surface area (Å²) in [6, 6.07) is 5.17. The maximum atomic E-state index is 12.4. The second-order valence-corrected chi connectivity index (χ2v) is 7.61. The van der Waals surface area contributed by atoms with Gasteiger partial charge in [0.05, 0.1) is 32.2 Å². The fourth-order valence-corrected chi connectivity index (χ4v) is 3.56. The number of carbonyl (C=O) groups is 1. The van der Waals surface area contributed by atoms with Crippen molar-refractivity contribution in [3.05, 3.63) is 42.5 Å². The number of hydrogen-bond acceptors (Lipinski definition) is 7. The van der Waals surface area contributed by atoms with E-state index in [4.69, 9.17) is 14.2 Å². The molecular formula is C22H24F3N5O4. The number of carbonyl (C=O) groups excluding carboxylic acids is 1. The number of morpholine rings is 1. The van der Waals surface area contributed by atoms with E-state index < -0.39 is 18.6 Å². The highest BCUT2D eigenvalue weighted by Crippen LogP contribution is 2.27. The molecule has 0 aromatic carbocycles.